The molecule has 1 fully saturated rings. The summed E-state index contributed by atoms with van der Waals surface area (Å²) in [5, 5.41) is 11.6. The number of benzene rings is 2. The second kappa shape index (κ2) is 9.43. The van der Waals surface area contributed by atoms with Crippen molar-refractivity contribution in [3.63, 3.8) is 0 Å². The molecule has 0 radical (unpaired) electrons. The SMILES string of the molecule is CC(=O)c1ccc(N2CCN(C(=O)C(Cc3ccc(F)cc3)n3nnnc3C)CC2)c(F)c1. The smallest absolute Gasteiger partial charge is 0.248 e. The van der Waals surface area contributed by atoms with Crippen LogP contribution in [0.2, 0.25) is 0 Å². The summed E-state index contributed by atoms with van der Waals surface area (Å²) in [5.74, 6) is -0.648. The zero-order chi connectivity index (χ0) is 23.5. The summed E-state index contributed by atoms with van der Waals surface area (Å²) in [6, 6.07) is 9.77. The Balaban J connectivity index is 1.48. The molecule has 2 aromatic carbocycles. The maximum atomic E-state index is 14.6. The van der Waals surface area contributed by atoms with E-state index in [1.165, 1.54) is 29.8 Å². The fraction of sp³-hybridized carbons (Fsp3) is 0.348. The minimum Gasteiger partial charge on any atom is -0.366 e. The molecule has 10 heteroatoms. The molecule has 1 atom stereocenters. The molecule has 0 saturated carbocycles. The third-order valence-electron chi connectivity index (χ3n) is 5.87. The molecule has 1 unspecified atom stereocenters. The number of carbonyl (C=O) groups is 2. The Hall–Kier alpha value is -3.69. The average Bonchev–Trinajstić information content (AvgIpc) is 3.24. The molecule has 0 spiro atoms. The van der Waals surface area contributed by atoms with E-state index in [4.69, 9.17) is 0 Å². The van der Waals surface area contributed by atoms with Gasteiger partial charge in [0.1, 0.15) is 23.5 Å². The van der Waals surface area contributed by atoms with Gasteiger partial charge >= 0.3 is 0 Å². The molecule has 1 aliphatic heterocycles. The van der Waals surface area contributed by atoms with E-state index in [1.807, 2.05) is 4.90 Å². The highest BCUT2D eigenvalue weighted by Gasteiger charge is 2.31. The van der Waals surface area contributed by atoms with Gasteiger partial charge in [-0.3, -0.25) is 9.59 Å². The second-order valence-electron chi connectivity index (χ2n) is 8.05. The Bertz CT molecular complexity index is 1160. The van der Waals surface area contributed by atoms with E-state index in [9.17, 15) is 18.4 Å². The van der Waals surface area contributed by atoms with Crippen LogP contribution in [0.15, 0.2) is 42.5 Å². The maximum absolute atomic E-state index is 14.6. The quantitative estimate of drug-likeness (QED) is 0.533. The van der Waals surface area contributed by atoms with E-state index < -0.39 is 11.9 Å². The Morgan fingerprint density at radius 3 is 2.30 bits per heavy atom. The van der Waals surface area contributed by atoms with Crippen molar-refractivity contribution in [2.75, 3.05) is 31.1 Å². The number of hydrogen-bond acceptors (Lipinski definition) is 6. The number of rotatable bonds is 6. The summed E-state index contributed by atoms with van der Waals surface area (Å²) in [6.45, 7) is 4.80. The van der Waals surface area contributed by atoms with Crippen molar-refractivity contribution in [2.45, 2.75) is 26.3 Å². The number of ketones is 1. The number of aromatic nitrogens is 4. The van der Waals surface area contributed by atoms with E-state index in [2.05, 4.69) is 15.5 Å². The molecule has 172 valence electrons. The number of Topliss-reactive ketones (excluding diaryl/α,β-unsaturated/α-hetero) is 1. The van der Waals surface area contributed by atoms with Gasteiger partial charge in [-0.15, -0.1) is 5.10 Å². The Labute approximate surface area is 189 Å². The number of carbonyl (C=O) groups excluding carboxylic acids is 2. The van der Waals surface area contributed by atoms with Crippen molar-refractivity contribution in [3.8, 4) is 0 Å². The summed E-state index contributed by atoms with van der Waals surface area (Å²) < 4.78 is 29.4. The van der Waals surface area contributed by atoms with Crippen LogP contribution in [0.1, 0.15) is 34.7 Å². The van der Waals surface area contributed by atoms with Crippen LogP contribution in [0.4, 0.5) is 14.5 Å². The summed E-state index contributed by atoms with van der Waals surface area (Å²) in [6.07, 6.45) is 0.312. The first-order chi connectivity index (χ1) is 15.8. The van der Waals surface area contributed by atoms with Crippen LogP contribution in [0.3, 0.4) is 0 Å². The maximum Gasteiger partial charge on any atom is 0.248 e. The van der Waals surface area contributed by atoms with Crippen LogP contribution in [0.5, 0.6) is 0 Å². The molecule has 3 aromatic rings. The molecular weight excluding hydrogens is 430 g/mol. The van der Waals surface area contributed by atoms with Gasteiger partial charge in [0, 0.05) is 38.2 Å². The summed E-state index contributed by atoms with van der Waals surface area (Å²) in [4.78, 5) is 28.5. The van der Waals surface area contributed by atoms with Gasteiger partial charge in [0.05, 0.1) is 5.69 Å². The Morgan fingerprint density at radius 2 is 1.73 bits per heavy atom. The van der Waals surface area contributed by atoms with Crippen molar-refractivity contribution in [1.29, 1.82) is 0 Å². The lowest BCUT2D eigenvalue weighted by Gasteiger charge is -2.37. The van der Waals surface area contributed by atoms with E-state index in [-0.39, 0.29) is 17.5 Å². The monoisotopic (exact) mass is 454 g/mol. The van der Waals surface area contributed by atoms with Crippen molar-refractivity contribution in [3.05, 3.63) is 71.1 Å². The number of tetrazole rings is 1. The normalized spacial score (nSPS) is 14.9. The zero-order valence-electron chi connectivity index (χ0n) is 18.4. The molecule has 1 amide bonds. The average molecular weight is 454 g/mol. The van der Waals surface area contributed by atoms with Crippen LogP contribution in [0.25, 0.3) is 0 Å². The minimum absolute atomic E-state index is 0.151. The molecule has 1 saturated heterocycles. The van der Waals surface area contributed by atoms with E-state index in [0.717, 1.165) is 5.56 Å². The van der Waals surface area contributed by atoms with Gasteiger partial charge in [0.15, 0.2) is 5.78 Å². The van der Waals surface area contributed by atoms with Gasteiger partial charge in [0.25, 0.3) is 0 Å². The van der Waals surface area contributed by atoms with E-state index in [1.54, 1.807) is 36.1 Å². The zero-order valence-corrected chi connectivity index (χ0v) is 18.4. The van der Waals surface area contributed by atoms with Crippen LogP contribution < -0.4 is 4.90 Å². The van der Waals surface area contributed by atoms with Gasteiger partial charge in [0.2, 0.25) is 5.91 Å². The standard InChI is InChI=1S/C23H24F2N6O2/c1-15(32)18-5-8-21(20(25)14-18)29-9-11-30(12-10-29)23(33)22(31-16(2)26-27-28-31)13-17-3-6-19(24)7-4-17/h3-8,14,22H,9-13H2,1-2H3. The number of anilines is 1. The predicted molar refractivity (Wildman–Crippen MR) is 117 cm³/mol. The molecule has 0 N–H and O–H groups in total. The Kier molecular flexibility index (Phi) is 6.43. The molecule has 4 rings (SSSR count). The first-order valence-electron chi connectivity index (χ1n) is 10.7. The number of amides is 1. The lowest BCUT2D eigenvalue weighted by Crippen LogP contribution is -2.51. The molecule has 0 aliphatic carbocycles. The summed E-state index contributed by atoms with van der Waals surface area (Å²) in [7, 11) is 0. The molecule has 2 heterocycles. The van der Waals surface area contributed by atoms with E-state index >= 15 is 0 Å². The van der Waals surface area contributed by atoms with Crippen molar-refractivity contribution < 1.29 is 18.4 Å². The molecule has 8 nitrogen and oxygen atoms in total. The molecular formula is C23H24F2N6O2. The largest absolute Gasteiger partial charge is 0.366 e. The van der Waals surface area contributed by atoms with Crippen LogP contribution in [-0.2, 0) is 11.2 Å². The van der Waals surface area contributed by atoms with Crippen LogP contribution >= 0.6 is 0 Å². The number of nitrogens with zero attached hydrogens (tertiary/aromatic N) is 6. The second-order valence-corrected chi connectivity index (χ2v) is 8.05. The fourth-order valence-corrected chi connectivity index (χ4v) is 4.01. The summed E-state index contributed by atoms with van der Waals surface area (Å²) >= 11 is 0. The van der Waals surface area contributed by atoms with Crippen molar-refractivity contribution in [1.82, 2.24) is 25.1 Å². The number of aryl methyl sites for hydroxylation is 1. The highest BCUT2D eigenvalue weighted by atomic mass is 19.1. The summed E-state index contributed by atoms with van der Waals surface area (Å²) in [5.41, 5.74) is 1.52. The van der Waals surface area contributed by atoms with E-state index in [0.29, 0.717) is 49.7 Å². The van der Waals surface area contributed by atoms with Crippen molar-refractivity contribution in [2.24, 2.45) is 0 Å². The molecule has 33 heavy (non-hydrogen) atoms. The van der Waals surface area contributed by atoms with Gasteiger partial charge in [-0.25, -0.2) is 13.5 Å². The van der Waals surface area contributed by atoms with Gasteiger partial charge in [-0.05, 0) is 60.2 Å². The topological polar surface area (TPSA) is 84.2 Å². The van der Waals surface area contributed by atoms with Crippen molar-refractivity contribution >= 4 is 17.4 Å². The molecule has 1 aliphatic rings. The first kappa shape index (κ1) is 22.5. The highest BCUT2D eigenvalue weighted by molar-refractivity contribution is 5.94. The van der Waals surface area contributed by atoms with Gasteiger partial charge in [-0.1, -0.05) is 12.1 Å². The molecule has 1 aromatic heterocycles. The lowest BCUT2D eigenvalue weighted by molar-refractivity contribution is -0.135. The third kappa shape index (κ3) is 4.89. The van der Waals surface area contributed by atoms with Gasteiger partial charge < -0.3 is 9.80 Å². The fourth-order valence-electron chi connectivity index (χ4n) is 4.01. The lowest BCUT2D eigenvalue weighted by atomic mass is 10.0. The van der Waals surface area contributed by atoms with Crippen LogP contribution in [0, 0.1) is 18.6 Å². The predicted octanol–water partition coefficient (Wildman–Crippen LogP) is 2.59. The number of halogens is 2. The Morgan fingerprint density at radius 1 is 1.03 bits per heavy atom. The minimum atomic E-state index is -0.677. The number of piperazine rings is 1. The number of hydrogen-bond donors (Lipinski definition) is 0. The van der Waals surface area contributed by atoms with Crippen LogP contribution in [-0.4, -0.2) is 63.0 Å². The first-order valence-corrected chi connectivity index (χ1v) is 10.7. The van der Waals surface area contributed by atoms with Gasteiger partial charge in [-0.2, -0.15) is 0 Å². The third-order valence-corrected chi connectivity index (χ3v) is 5.87. The molecule has 0 bridgehead atoms. The highest BCUT2D eigenvalue weighted by Crippen LogP contribution is 2.24.